The second-order valence-corrected chi connectivity index (χ2v) is 6.97. The number of Topliss-reactive ketones (excluding diaryl/α,β-unsaturated/α-hetero) is 1. The minimum Gasteiger partial charge on any atom is -0.345 e. The number of amides is 2. The Morgan fingerprint density at radius 1 is 1.14 bits per heavy atom. The molecule has 150 valence electrons. The van der Waals surface area contributed by atoms with Gasteiger partial charge in [0, 0.05) is 54.6 Å². The third kappa shape index (κ3) is 4.68. The molecule has 29 heavy (non-hydrogen) atoms. The largest absolute Gasteiger partial charge is 0.345 e. The van der Waals surface area contributed by atoms with E-state index in [4.69, 9.17) is 0 Å². The first kappa shape index (κ1) is 20.3. The van der Waals surface area contributed by atoms with E-state index in [0.29, 0.717) is 30.8 Å². The first-order valence-electron chi connectivity index (χ1n) is 9.49. The number of aromatic nitrogens is 2. The van der Waals surface area contributed by atoms with Crippen LogP contribution in [-0.4, -0.2) is 63.5 Å². The number of pyridine rings is 1. The summed E-state index contributed by atoms with van der Waals surface area (Å²) in [6.45, 7) is 5.33. The molecule has 0 radical (unpaired) electrons. The van der Waals surface area contributed by atoms with Gasteiger partial charge in [-0.1, -0.05) is 18.2 Å². The number of carbonyl (C=O) groups excluding carboxylic acids is 3. The summed E-state index contributed by atoms with van der Waals surface area (Å²) in [5.74, 6) is 0.109. The summed E-state index contributed by atoms with van der Waals surface area (Å²) in [5.41, 5.74) is 2.18. The normalized spacial score (nSPS) is 16.1. The van der Waals surface area contributed by atoms with Crippen molar-refractivity contribution in [2.75, 3.05) is 19.6 Å². The molecular weight excluding hydrogens is 368 g/mol. The summed E-state index contributed by atoms with van der Waals surface area (Å²) in [5, 5.41) is 0.894. The first-order valence-corrected chi connectivity index (χ1v) is 9.49. The third-order valence-electron chi connectivity index (χ3n) is 4.95. The highest BCUT2D eigenvalue weighted by atomic mass is 16.2. The van der Waals surface area contributed by atoms with Crippen molar-refractivity contribution in [3.8, 4) is 0 Å². The number of nitrogens with one attached hydrogen (secondary N) is 1. The SMILES string of the molecule is CC(=O)c1c[nH]c2ncccc12.C[C@@H]1CN(C(=O)c2ccccc2)CCN1C=O. The van der Waals surface area contributed by atoms with Crippen LogP contribution >= 0.6 is 0 Å². The number of piperazine rings is 1. The van der Waals surface area contributed by atoms with Crippen LogP contribution in [0.5, 0.6) is 0 Å². The van der Waals surface area contributed by atoms with Crippen molar-refractivity contribution in [1.29, 1.82) is 0 Å². The molecule has 1 aliphatic heterocycles. The standard InChI is InChI=1S/C13H16N2O2.C9H8N2O/c1-11-9-14(7-8-15(11)10-16)13(17)12-5-3-2-4-6-12;1-6(12)8-5-11-9-7(8)3-2-4-10-9/h2-6,10-11H,7-9H2,1H3;2-5H,1H3,(H,10,11)/t11-;/m1./s1. The van der Waals surface area contributed by atoms with E-state index in [0.717, 1.165) is 17.4 Å². The molecule has 3 heterocycles. The number of hydrogen-bond donors (Lipinski definition) is 1. The number of nitrogens with zero attached hydrogens (tertiary/aromatic N) is 3. The van der Waals surface area contributed by atoms with Crippen molar-refractivity contribution in [3.63, 3.8) is 0 Å². The second-order valence-electron chi connectivity index (χ2n) is 6.97. The lowest BCUT2D eigenvalue weighted by atomic mass is 10.1. The molecule has 0 spiro atoms. The lowest BCUT2D eigenvalue weighted by Gasteiger charge is -2.37. The molecule has 4 rings (SSSR count). The van der Waals surface area contributed by atoms with Gasteiger partial charge in [-0.3, -0.25) is 14.4 Å². The maximum atomic E-state index is 12.2. The molecule has 0 bridgehead atoms. The van der Waals surface area contributed by atoms with Gasteiger partial charge < -0.3 is 14.8 Å². The van der Waals surface area contributed by atoms with E-state index < -0.39 is 0 Å². The number of carbonyl (C=O) groups is 3. The van der Waals surface area contributed by atoms with E-state index in [2.05, 4.69) is 9.97 Å². The molecule has 1 atom stereocenters. The van der Waals surface area contributed by atoms with E-state index in [1.165, 1.54) is 0 Å². The highest BCUT2D eigenvalue weighted by Gasteiger charge is 2.26. The topological polar surface area (TPSA) is 86.4 Å². The van der Waals surface area contributed by atoms with E-state index in [9.17, 15) is 14.4 Å². The Hall–Kier alpha value is -3.48. The van der Waals surface area contributed by atoms with Gasteiger partial charge in [-0.15, -0.1) is 0 Å². The zero-order valence-electron chi connectivity index (χ0n) is 16.5. The van der Waals surface area contributed by atoms with Gasteiger partial charge in [0.2, 0.25) is 6.41 Å². The van der Waals surface area contributed by atoms with Gasteiger partial charge in [-0.05, 0) is 38.1 Å². The highest BCUT2D eigenvalue weighted by Crippen LogP contribution is 2.15. The Kier molecular flexibility index (Phi) is 6.39. The smallest absolute Gasteiger partial charge is 0.253 e. The number of benzene rings is 1. The number of rotatable bonds is 3. The van der Waals surface area contributed by atoms with Crippen LogP contribution in [0.2, 0.25) is 0 Å². The highest BCUT2D eigenvalue weighted by molar-refractivity contribution is 6.05. The van der Waals surface area contributed by atoms with Crippen LogP contribution in [0.3, 0.4) is 0 Å². The molecule has 7 nitrogen and oxygen atoms in total. The Morgan fingerprint density at radius 2 is 1.90 bits per heavy atom. The molecule has 0 unspecified atom stereocenters. The van der Waals surface area contributed by atoms with Crippen molar-refractivity contribution < 1.29 is 14.4 Å². The molecule has 3 aromatic rings. The predicted molar refractivity (Wildman–Crippen MR) is 111 cm³/mol. The van der Waals surface area contributed by atoms with Crippen LogP contribution < -0.4 is 0 Å². The van der Waals surface area contributed by atoms with Gasteiger partial charge >= 0.3 is 0 Å². The quantitative estimate of drug-likeness (QED) is 0.549. The molecule has 1 aromatic carbocycles. The lowest BCUT2D eigenvalue weighted by molar-refractivity contribution is -0.121. The van der Waals surface area contributed by atoms with Crippen LogP contribution in [0, 0.1) is 0 Å². The summed E-state index contributed by atoms with van der Waals surface area (Å²) in [6, 6.07) is 13.0. The molecule has 7 heteroatoms. The van der Waals surface area contributed by atoms with Gasteiger partial charge in [0.25, 0.3) is 5.91 Å². The van der Waals surface area contributed by atoms with E-state index in [1.807, 2.05) is 49.4 Å². The average molecular weight is 392 g/mol. The second kappa shape index (κ2) is 9.14. The molecule has 1 fully saturated rings. The van der Waals surface area contributed by atoms with Crippen molar-refractivity contribution in [2.24, 2.45) is 0 Å². The van der Waals surface area contributed by atoms with Gasteiger partial charge in [-0.25, -0.2) is 4.98 Å². The fourth-order valence-electron chi connectivity index (χ4n) is 3.32. The predicted octanol–water partition coefficient (Wildman–Crippen LogP) is 2.75. The monoisotopic (exact) mass is 392 g/mol. The zero-order chi connectivity index (χ0) is 20.8. The van der Waals surface area contributed by atoms with Crippen molar-refractivity contribution in [3.05, 3.63) is 66.0 Å². The minimum atomic E-state index is 0.0444. The van der Waals surface area contributed by atoms with Gasteiger partial charge in [0.05, 0.1) is 0 Å². The van der Waals surface area contributed by atoms with Crippen LogP contribution in [0.1, 0.15) is 34.6 Å². The van der Waals surface area contributed by atoms with E-state index in [1.54, 1.807) is 29.1 Å². The Morgan fingerprint density at radius 3 is 2.55 bits per heavy atom. The van der Waals surface area contributed by atoms with Crippen LogP contribution in [0.15, 0.2) is 54.9 Å². The summed E-state index contributed by atoms with van der Waals surface area (Å²) < 4.78 is 0. The minimum absolute atomic E-state index is 0.0444. The van der Waals surface area contributed by atoms with Gasteiger partial charge in [0.15, 0.2) is 5.78 Å². The van der Waals surface area contributed by atoms with E-state index >= 15 is 0 Å². The van der Waals surface area contributed by atoms with Crippen LogP contribution in [0.25, 0.3) is 11.0 Å². The zero-order valence-corrected chi connectivity index (χ0v) is 16.5. The van der Waals surface area contributed by atoms with Crippen molar-refractivity contribution in [1.82, 2.24) is 19.8 Å². The maximum absolute atomic E-state index is 12.2. The Bertz CT molecular complexity index is 999. The Balaban J connectivity index is 0.000000176. The number of fused-ring (bicyclic) bond motifs is 1. The van der Waals surface area contributed by atoms with Gasteiger partial charge in [-0.2, -0.15) is 0 Å². The maximum Gasteiger partial charge on any atom is 0.253 e. The first-order chi connectivity index (χ1) is 14.0. The summed E-state index contributed by atoms with van der Waals surface area (Å²) in [7, 11) is 0. The van der Waals surface area contributed by atoms with Crippen LogP contribution in [-0.2, 0) is 4.79 Å². The number of hydrogen-bond acceptors (Lipinski definition) is 4. The van der Waals surface area contributed by atoms with Gasteiger partial charge in [0.1, 0.15) is 5.65 Å². The molecule has 0 saturated carbocycles. The fraction of sp³-hybridized carbons (Fsp3) is 0.273. The van der Waals surface area contributed by atoms with Crippen LogP contribution in [0.4, 0.5) is 0 Å². The number of ketones is 1. The van der Waals surface area contributed by atoms with Crippen molar-refractivity contribution in [2.45, 2.75) is 19.9 Å². The molecular formula is C22H24N4O3. The Labute approximate surface area is 169 Å². The molecule has 2 amide bonds. The molecule has 2 aromatic heterocycles. The van der Waals surface area contributed by atoms with Crippen molar-refractivity contribution >= 4 is 29.1 Å². The summed E-state index contributed by atoms with van der Waals surface area (Å²) in [6.07, 6.45) is 4.25. The number of H-pyrrole nitrogens is 1. The molecule has 0 aliphatic carbocycles. The average Bonchev–Trinajstić information content (AvgIpc) is 3.19. The summed E-state index contributed by atoms with van der Waals surface area (Å²) >= 11 is 0. The third-order valence-corrected chi connectivity index (χ3v) is 4.95. The lowest BCUT2D eigenvalue weighted by Crippen LogP contribution is -2.52. The number of aromatic amines is 1. The molecule has 1 N–H and O–H groups in total. The fourth-order valence-corrected chi connectivity index (χ4v) is 3.32. The summed E-state index contributed by atoms with van der Waals surface area (Å²) in [4.78, 5) is 44.5. The molecule has 1 aliphatic rings. The molecule has 1 saturated heterocycles. The van der Waals surface area contributed by atoms with E-state index in [-0.39, 0.29) is 17.7 Å².